The molecule has 2 heterocycles. The lowest BCUT2D eigenvalue weighted by molar-refractivity contribution is -0.133. The van der Waals surface area contributed by atoms with Crippen molar-refractivity contribution in [3.05, 3.63) is 18.5 Å². The van der Waals surface area contributed by atoms with Gasteiger partial charge in [0.1, 0.15) is 0 Å². The van der Waals surface area contributed by atoms with Crippen LogP contribution in [-0.2, 0) is 11.8 Å². The molecule has 7 nitrogen and oxygen atoms in total. The van der Waals surface area contributed by atoms with Gasteiger partial charge >= 0.3 is 5.97 Å². The number of nitrogens with zero attached hydrogens (tertiary/aromatic N) is 5. The standard InChI is InChI=1S/C9H9N5O2S/c1-14-8(6-2-3-10-11-4-6)12-13-9(14)17-5-7(15)16/h2-4H,5H2,1H3,(H,15,16). The van der Waals surface area contributed by atoms with Crippen LogP contribution in [0.25, 0.3) is 11.4 Å². The van der Waals surface area contributed by atoms with Crippen LogP contribution in [0.2, 0.25) is 0 Å². The molecule has 0 bridgehead atoms. The largest absolute Gasteiger partial charge is 0.481 e. The van der Waals surface area contributed by atoms with Gasteiger partial charge in [0.15, 0.2) is 11.0 Å². The Balaban J connectivity index is 2.24. The fourth-order valence-electron chi connectivity index (χ4n) is 1.24. The molecule has 0 amide bonds. The molecule has 2 aromatic heterocycles. The number of carbonyl (C=O) groups is 1. The first-order valence-electron chi connectivity index (χ1n) is 4.69. The molecule has 0 fully saturated rings. The maximum atomic E-state index is 10.5. The van der Waals surface area contributed by atoms with Gasteiger partial charge in [-0.05, 0) is 6.07 Å². The van der Waals surface area contributed by atoms with E-state index in [0.29, 0.717) is 11.0 Å². The van der Waals surface area contributed by atoms with Gasteiger partial charge in [0.2, 0.25) is 0 Å². The molecule has 0 spiro atoms. The summed E-state index contributed by atoms with van der Waals surface area (Å²) in [5.41, 5.74) is 0.789. The lowest BCUT2D eigenvalue weighted by atomic mass is 10.3. The Bertz CT molecular complexity index is 527. The van der Waals surface area contributed by atoms with Crippen LogP contribution in [0, 0.1) is 0 Å². The van der Waals surface area contributed by atoms with E-state index in [4.69, 9.17) is 5.11 Å². The topological polar surface area (TPSA) is 93.8 Å². The first kappa shape index (κ1) is 11.5. The molecule has 8 heteroatoms. The number of aliphatic carboxylic acids is 1. The second-order valence-corrected chi connectivity index (χ2v) is 4.12. The third-order valence-corrected chi connectivity index (χ3v) is 3.01. The van der Waals surface area contributed by atoms with Gasteiger partial charge in [0.05, 0.1) is 18.1 Å². The van der Waals surface area contributed by atoms with Crippen LogP contribution in [0.4, 0.5) is 0 Å². The predicted molar refractivity (Wildman–Crippen MR) is 60.4 cm³/mol. The Morgan fingerprint density at radius 3 is 2.94 bits per heavy atom. The highest BCUT2D eigenvalue weighted by molar-refractivity contribution is 7.99. The Kier molecular flexibility index (Phi) is 3.33. The molecule has 0 radical (unpaired) electrons. The molecule has 0 aliphatic carbocycles. The monoisotopic (exact) mass is 251 g/mol. The Labute approximate surface area is 101 Å². The summed E-state index contributed by atoms with van der Waals surface area (Å²) >= 11 is 1.12. The van der Waals surface area contributed by atoms with E-state index in [2.05, 4.69) is 20.4 Å². The molecule has 2 rings (SSSR count). The van der Waals surface area contributed by atoms with Crippen molar-refractivity contribution in [2.45, 2.75) is 5.16 Å². The summed E-state index contributed by atoms with van der Waals surface area (Å²) in [5.74, 6) is -0.293. The summed E-state index contributed by atoms with van der Waals surface area (Å²) in [7, 11) is 1.78. The average Bonchev–Trinajstić information content (AvgIpc) is 2.69. The predicted octanol–water partition coefficient (Wildman–Crippen LogP) is 0.449. The summed E-state index contributed by atoms with van der Waals surface area (Å²) in [4.78, 5) is 10.5. The van der Waals surface area contributed by atoms with E-state index in [1.807, 2.05) is 0 Å². The van der Waals surface area contributed by atoms with E-state index in [1.165, 1.54) is 0 Å². The van der Waals surface area contributed by atoms with Crippen molar-refractivity contribution in [2.75, 3.05) is 5.75 Å². The Morgan fingerprint density at radius 2 is 2.29 bits per heavy atom. The third-order valence-electron chi connectivity index (χ3n) is 2.00. The van der Waals surface area contributed by atoms with Crippen molar-refractivity contribution in [1.29, 1.82) is 0 Å². The number of aromatic nitrogens is 5. The van der Waals surface area contributed by atoms with Gasteiger partial charge < -0.3 is 9.67 Å². The molecule has 0 aliphatic rings. The SMILES string of the molecule is Cn1c(SCC(=O)O)nnc1-c1ccnnc1. The summed E-state index contributed by atoms with van der Waals surface area (Å²) in [5, 5.41) is 24.5. The van der Waals surface area contributed by atoms with Crippen LogP contribution in [0.1, 0.15) is 0 Å². The van der Waals surface area contributed by atoms with Crippen molar-refractivity contribution in [1.82, 2.24) is 25.0 Å². The van der Waals surface area contributed by atoms with Crippen molar-refractivity contribution >= 4 is 17.7 Å². The molecular weight excluding hydrogens is 242 g/mol. The molecule has 17 heavy (non-hydrogen) atoms. The van der Waals surface area contributed by atoms with Gasteiger partial charge in [-0.2, -0.15) is 10.2 Å². The average molecular weight is 251 g/mol. The second-order valence-electron chi connectivity index (χ2n) is 3.18. The van der Waals surface area contributed by atoms with Crippen LogP contribution < -0.4 is 0 Å². The highest BCUT2D eigenvalue weighted by Crippen LogP contribution is 2.21. The highest BCUT2D eigenvalue weighted by atomic mass is 32.2. The van der Waals surface area contributed by atoms with Crippen LogP contribution >= 0.6 is 11.8 Å². The summed E-state index contributed by atoms with van der Waals surface area (Å²) in [6.07, 6.45) is 3.14. The van der Waals surface area contributed by atoms with Gasteiger partial charge in [0, 0.05) is 12.6 Å². The molecule has 0 aliphatic heterocycles. The molecule has 0 saturated heterocycles. The number of thioether (sulfide) groups is 1. The number of rotatable bonds is 4. The van der Waals surface area contributed by atoms with E-state index in [0.717, 1.165) is 17.3 Å². The minimum Gasteiger partial charge on any atom is -0.481 e. The van der Waals surface area contributed by atoms with Crippen LogP contribution in [0.15, 0.2) is 23.6 Å². The van der Waals surface area contributed by atoms with E-state index in [9.17, 15) is 4.79 Å². The Hall–Kier alpha value is -1.96. The first-order valence-corrected chi connectivity index (χ1v) is 5.68. The van der Waals surface area contributed by atoms with E-state index < -0.39 is 5.97 Å². The lowest BCUT2D eigenvalue weighted by Crippen LogP contribution is -2.01. The van der Waals surface area contributed by atoms with Gasteiger partial charge in [0.25, 0.3) is 0 Å². The van der Waals surface area contributed by atoms with Crippen molar-refractivity contribution in [2.24, 2.45) is 7.05 Å². The fourth-order valence-corrected chi connectivity index (χ4v) is 1.87. The van der Waals surface area contributed by atoms with Gasteiger partial charge in [-0.1, -0.05) is 11.8 Å². The smallest absolute Gasteiger partial charge is 0.313 e. The van der Waals surface area contributed by atoms with Gasteiger partial charge in [-0.25, -0.2) is 0 Å². The summed E-state index contributed by atoms with van der Waals surface area (Å²) in [6.45, 7) is 0. The van der Waals surface area contributed by atoms with E-state index in [-0.39, 0.29) is 5.75 Å². The summed E-state index contributed by atoms with van der Waals surface area (Å²) < 4.78 is 1.73. The second kappa shape index (κ2) is 4.91. The zero-order chi connectivity index (χ0) is 12.3. The quantitative estimate of drug-likeness (QED) is 0.788. The molecule has 0 aromatic carbocycles. The van der Waals surface area contributed by atoms with Crippen LogP contribution in [0.5, 0.6) is 0 Å². The maximum absolute atomic E-state index is 10.5. The van der Waals surface area contributed by atoms with Crippen LogP contribution in [-0.4, -0.2) is 41.8 Å². The molecule has 0 atom stereocenters. The lowest BCUT2D eigenvalue weighted by Gasteiger charge is -2.01. The molecule has 0 unspecified atom stereocenters. The van der Waals surface area contributed by atoms with Crippen molar-refractivity contribution in [3.63, 3.8) is 0 Å². The fraction of sp³-hybridized carbons (Fsp3) is 0.222. The zero-order valence-electron chi connectivity index (χ0n) is 8.94. The van der Waals surface area contributed by atoms with Gasteiger partial charge in [-0.3, -0.25) is 4.79 Å². The zero-order valence-corrected chi connectivity index (χ0v) is 9.76. The highest BCUT2D eigenvalue weighted by Gasteiger charge is 2.12. The van der Waals surface area contributed by atoms with Crippen LogP contribution in [0.3, 0.4) is 0 Å². The van der Waals surface area contributed by atoms with E-state index in [1.54, 1.807) is 30.1 Å². The number of carboxylic acid groups (broad SMARTS) is 1. The minimum absolute atomic E-state index is 0.0411. The van der Waals surface area contributed by atoms with Crippen molar-refractivity contribution < 1.29 is 9.90 Å². The third kappa shape index (κ3) is 2.59. The maximum Gasteiger partial charge on any atom is 0.313 e. The van der Waals surface area contributed by atoms with Crippen molar-refractivity contribution in [3.8, 4) is 11.4 Å². The molecule has 0 saturated carbocycles. The summed E-state index contributed by atoms with van der Waals surface area (Å²) in [6, 6.07) is 1.77. The normalized spacial score (nSPS) is 10.4. The van der Waals surface area contributed by atoms with Gasteiger partial charge in [-0.15, -0.1) is 10.2 Å². The Morgan fingerprint density at radius 1 is 1.47 bits per heavy atom. The van der Waals surface area contributed by atoms with E-state index >= 15 is 0 Å². The minimum atomic E-state index is -0.884. The number of hydrogen-bond donors (Lipinski definition) is 1. The number of carboxylic acids is 1. The molecule has 2 aromatic rings. The first-order chi connectivity index (χ1) is 8.18. The molecular formula is C9H9N5O2S. The molecule has 1 N–H and O–H groups in total. The molecule has 88 valence electrons. The number of hydrogen-bond acceptors (Lipinski definition) is 6.